The lowest BCUT2D eigenvalue weighted by atomic mass is 9.96. The molecule has 8 heteroatoms. The lowest BCUT2D eigenvalue weighted by Gasteiger charge is -2.26. The van der Waals surface area contributed by atoms with Gasteiger partial charge in [-0.05, 0) is 50.7 Å². The van der Waals surface area contributed by atoms with Gasteiger partial charge in [-0.15, -0.1) is 10.2 Å². The zero-order valence-corrected chi connectivity index (χ0v) is 19.8. The number of ether oxygens (including phenoxy) is 1. The molecule has 0 atom stereocenters. The molecule has 2 rings (SSSR count). The van der Waals surface area contributed by atoms with Crippen molar-refractivity contribution >= 4 is 17.7 Å². The number of thioether (sulfide) groups is 1. The molecule has 1 aromatic rings. The number of nitrogens with zero attached hydrogens (tertiary/aromatic N) is 5. The summed E-state index contributed by atoms with van der Waals surface area (Å²) in [5.41, 5.74) is 0. The summed E-state index contributed by atoms with van der Waals surface area (Å²) in [6.45, 7) is 12.1. The third kappa shape index (κ3) is 8.16. The Morgan fingerprint density at radius 3 is 2.76 bits per heavy atom. The van der Waals surface area contributed by atoms with Crippen molar-refractivity contribution in [1.29, 1.82) is 0 Å². The summed E-state index contributed by atoms with van der Waals surface area (Å²) in [4.78, 5) is 7.12. The second-order valence-corrected chi connectivity index (χ2v) is 8.99. The van der Waals surface area contributed by atoms with Crippen molar-refractivity contribution in [2.24, 2.45) is 16.8 Å². The minimum atomic E-state index is 0.582. The first kappa shape index (κ1) is 24.0. The molecule has 0 spiro atoms. The number of hydrogen-bond donors (Lipinski definition) is 1. The first-order chi connectivity index (χ1) is 14.0. The number of nitrogens with one attached hydrogen (secondary N) is 1. The summed E-state index contributed by atoms with van der Waals surface area (Å²) in [7, 11) is 2.14. The molecule has 0 unspecified atom stereocenters. The Hall–Kier alpha value is -1.28. The standard InChI is InChI=1S/C21H40N6OS/c1-6-22-20(26(4)13-9-18-10-14-28-15-11-18)23-12-7-8-19-24-25-21(29-5)27(19)16-17(2)3/h17-18H,6-16H2,1-5H3,(H,22,23). The van der Waals surface area contributed by atoms with E-state index in [0.29, 0.717) is 5.92 Å². The average molecular weight is 425 g/mol. The number of aromatic nitrogens is 3. The van der Waals surface area contributed by atoms with Gasteiger partial charge in [0.15, 0.2) is 11.1 Å². The Bertz CT molecular complexity index is 612. The van der Waals surface area contributed by atoms with Gasteiger partial charge in [-0.25, -0.2) is 0 Å². The maximum Gasteiger partial charge on any atom is 0.193 e. The first-order valence-corrected chi connectivity index (χ1v) is 12.3. The fraction of sp³-hybridized carbons (Fsp3) is 0.857. The van der Waals surface area contributed by atoms with E-state index in [1.807, 2.05) is 0 Å². The maximum atomic E-state index is 5.47. The normalized spacial score (nSPS) is 15.9. The highest BCUT2D eigenvalue weighted by atomic mass is 32.2. The Balaban J connectivity index is 1.84. The SMILES string of the molecule is CCNC(=NCCCc1nnc(SC)n1CC(C)C)N(C)CCC1CCOCC1. The van der Waals surface area contributed by atoms with E-state index in [0.717, 1.165) is 75.1 Å². The number of aryl methyl sites for hydroxylation is 1. The van der Waals surface area contributed by atoms with Gasteiger partial charge in [0, 0.05) is 52.9 Å². The Labute approximate surface area is 181 Å². The van der Waals surface area contributed by atoms with Crippen molar-refractivity contribution in [2.75, 3.05) is 46.2 Å². The predicted octanol–water partition coefficient (Wildman–Crippen LogP) is 3.30. The summed E-state index contributed by atoms with van der Waals surface area (Å²) >= 11 is 1.67. The molecule has 1 saturated heterocycles. The molecule has 0 aromatic carbocycles. The van der Waals surface area contributed by atoms with Gasteiger partial charge in [-0.3, -0.25) is 4.99 Å². The minimum absolute atomic E-state index is 0.582. The maximum absolute atomic E-state index is 5.47. The van der Waals surface area contributed by atoms with Crippen LogP contribution < -0.4 is 5.32 Å². The molecule has 0 amide bonds. The molecular formula is C21H40N6OS. The fourth-order valence-electron chi connectivity index (χ4n) is 3.61. The largest absolute Gasteiger partial charge is 0.381 e. The average Bonchev–Trinajstić information content (AvgIpc) is 3.10. The van der Waals surface area contributed by atoms with Crippen LogP contribution in [0.4, 0.5) is 0 Å². The van der Waals surface area contributed by atoms with E-state index in [4.69, 9.17) is 9.73 Å². The van der Waals surface area contributed by atoms with Gasteiger partial charge in [0.25, 0.3) is 0 Å². The van der Waals surface area contributed by atoms with Crippen LogP contribution >= 0.6 is 11.8 Å². The molecule has 0 saturated carbocycles. The smallest absolute Gasteiger partial charge is 0.193 e. The van der Waals surface area contributed by atoms with E-state index >= 15 is 0 Å². The first-order valence-electron chi connectivity index (χ1n) is 11.1. The van der Waals surface area contributed by atoms with Crippen molar-refractivity contribution < 1.29 is 4.74 Å². The van der Waals surface area contributed by atoms with Gasteiger partial charge in [0.2, 0.25) is 0 Å². The van der Waals surface area contributed by atoms with Crippen molar-refractivity contribution in [3.05, 3.63) is 5.82 Å². The van der Waals surface area contributed by atoms with Gasteiger partial charge in [-0.1, -0.05) is 25.6 Å². The van der Waals surface area contributed by atoms with E-state index in [1.165, 1.54) is 19.3 Å². The molecule has 1 aromatic heterocycles. The van der Waals surface area contributed by atoms with E-state index in [2.05, 4.69) is 59.1 Å². The minimum Gasteiger partial charge on any atom is -0.381 e. The Morgan fingerprint density at radius 1 is 1.34 bits per heavy atom. The van der Waals surface area contributed by atoms with Crippen LogP contribution in [0.2, 0.25) is 0 Å². The monoisotopic (exact) mass is 424 g/mol. The molecule has 1 aliphatic rings. The van der Waals surface area contributed by atoms with E-state index < -0.39 is 0 Å². The van der Waals surface area contributed by atoms with Crippen molar-refractivity contribution in [3.8, 4) is 0 Å². The van der Waals surface area contributed by atoms with Crippen LogP contribution in [-0.2, 0) is 17.7 Å². The lowest BCUT2D eigenvalue weighted by molar-refractivity contribution is 0.0625. The molecule has 0 bridgehead atoms. The second kappa shape index (κ2) is 13.1. The van der Waals surface area contributed by atoms with Gasteiger partial charge in [0.05, 0.1) is 0 Å². The highest BCUT2D eigenvalue weighted by Gasteiger charge is 2.16. The van der Waals surface area contributed by atoms with Crippen molar-refractivity contribution in [1.82, 2.24) is 25.0 Å². The molecule has 0 radical (unpaired) electrons. The third-order valence-corrected chi connectivity index (χ3v) is 5.92. The molecule has 1 fully saturated rings. The summed E-state index contributed by atoms with van der Waals surface area (Å²) < 4.78 is 7.74. The Morgan fingerprint density at radius 2 is 2.10 bits per heavy atom. The van der Waals surface area contributed by atoms with Gasteiger partial charge >= 0.3 is 0 Å². The zero-order chi connectivity index (χ0) is 21.1. The molecule has 166 valence electrons. The molecule has 1 aliphatic heterocycles. The van der Waals surface area contributed by atoms with Gasteiger partial charge in [-0.2, -0.15) is 0 Å². The summed E-state index contributed by atoms with van der Waals surface area (Å²) in [6, 6.07) is 0. The number of guanidine groups is 1. The molecular weight excluding hydrogens is 384 g/mol. The Kier molecular flexibility index (Phi) is 10.8. The summed E-state index contributed by atoms with van der Waals surface area (Å²) in [5.74, 6) is 3.45. The van der Waals surface area contributed by atoms with E-state index in [-0.39, 0.29) is 0 Å². The van der Waals surface area contributed by atoms with E-state index in [9.17, 15) is 0 Å². The number of aliphatic imine (C=N–C) groups is 1. The van der Waals surface area contributed by atoms with Crippen LogP contribution in [0.15, 0.2) is 10.1 Å². The van der Waals surface area contributed by atoms with Crippen molar-refractivity contribution in [3.63, 3.8) is 0 Å². The molecule has 0 aliphatic carbocycles. The summed E-state index contributed by atoms with van der Waals surface area (Å²) in [6.07, 6.45) is 7.54. The highest BCUT2D eigenvalue weighted by molar-refractivity contribution is 7.98. The van der Waals surface area contributed by atoms with Crippen LogP contribution in [0, 0.1) is 11.8 Å². The molecule has 29 heavy (non-hydrogen) atoms. The van der Waals surface area contributed by atoms with Gasteiger partial charge < -0.3 is 19.5 Å². The van der Waals surface area contributed by atoms with Crippen LogP contribution in [0.1, 0.15) is 52.3 Å². The van der Waals surface area contributed by atoms with Crippen LogP contribution in [-0.4, -0.2) is 71.8 Å². The molecule has 1 N–H and O–H groups in total. The number of hydrogen-bond acceptors (Lipinski definition) is 5. The third-order valence-electron chi connectivity index (χ3n) is 5.25. The van der Waals surface area contributed by atoms with Crippen LogP contribution in [0.3, 0.4) is 0 Å². The molecule has 7 nitrogen and oxygen atoms in total. The lowest BCUT2D eigenvalue weighted by Crippen LogP contribution is -2.40. The quantitative estimate of drug-likeness (QED) is 0.254. The van der Waals surface area contributed by atoms with Crippen molar-refractivity contribution in [2.45, 2.75) is 64.6 Å². The highest BCUT2D eigenvalue weighted by Crippen LogP contribution is 2.19. The topological polar surface area (TPSA) is 67.6 Å². The second-order valence-electron chi connectivity index (χ2n) is 8.21. The van der Waals surface area contributed by atoms with E-state index in [1.54, 1.807) is 11.8 Å². The van der Waals surface area contributed by atoms with Gasteiger partial charge in [0.1, 0.15) is 5.82 Å². The fourth-order valence-corrected chi connectivity index (χ4v) is 4.14. The zero-order valence-electron chi connectivity index (χ0n) is 19.0. The predicted molar refractivity (Wildman–Crippen MR) is 122 cm³/mol. The number of rotatable bonds is 11. The summed E-state index contributed by atoms with van der Waals surface area (Å²) in [5, 5.41) is 13.2. The molecule has 2 heterocycles. The van der Waals surface area contributed by atoms with Crippen LogP contribution in [0.25, 0.3) is 0 Å². The van der Waals surface area contributed by atoms with Crippen LogP contribution in [0.5, 0.6) is 0 Å².